The Labute approximate surface area is 125 Å². The minimum Gasteiger partial charge on any atom is -0.372 e. The molecule has 2 atom stereocenters. The van der Waals surface area contributed by atoms with Gasteiger partial charge in [0.1, 0.15) is 0 Å². The van der Waals surface area contributed by atoms with Gasteiger partial charge in [0.2, 0.25) is 0 Å². The molecule has 5 nitrogen and oxygen atoms in total. The number of hydrogen-bond donors (Lipinski definition) is 1. The van der Waals surface area contributed by atoms with E-state index < -0.39 is 0 Å². The first-order valence-corrected chi connectivity index (χ1v) is 7.42. The normalized spacial score (nSPS) is 23.2. The summed E-state index contributed by atoms with van der Waals surface area (Å²) in [6.45, 7) is 5.17. The molecule has 1 aliphatic rings. The molecule has 0 bridgehead atoms. The quantitative estimate of drug-likeness (QED) is 0.869. The van der Waals surface area contributed by atoms with Gasteiger partial charge in [0.25, 0.3) is 5.91 Å². The van der Waals surface area contributed by atoms with E-state index >= 15 is 0 Å². The summed E-state index contributed by atoms with van der Waals surface area (Å²) in [6.07, 6.45) is 0.110. The molecule has 2 heterocycles. The van der Waals surface area contributed by atoms with Gasteiger partial charge in [-0.15, -0.1) is 0 Å². The van der Waals surface area contributed by atoms with E-state index in [1.54, 1.807) is 0 Å². The highest BCUT2D eigenvalue weighted by molar-refractivity contribution is 9.10. The molecule has 20 heavy (non-hydrogen) atoms. The average Bonchev–Trinajstić information content (AvgIpc) is 2.79. The van der Waals surface area contributed by atoms with Crippen LogP contribution < -0.4 is 0 Å². The standard InChI is InChI=1S/C14H16BrN3O2/c1-8-6-18(7-9(2)20-8)14(19)13-11-5-10(15)3-4-12(11)16-17-13/h3-5,8-9H,6-7H2,1-2H3,(H,16,17)/t8-,9+. The fraction of sp³-hybridized carbons (Fsp3) is 0.429. The molecule has 6 heteroatoms. The summed E-state index contributed by atoms with van der Waals surface area (Å²) in [5, 5.41) is 7.94. The molecule has 0 unspecified atom stereocenters. The van der Waals surface area contributed by atoms with Crippen LogP contribution in [0.1, 0.15) is 24.3 Å². The molecule has 1 aliphatic heterocycles. The van der Waals surface area contributed by atoms with Gasteiger partial charge in [-0.25, -0.2) is 0 Å². The predicted molar refractivity (Wildman–Crippen MR) is 79.7 cm³/mol. The van der Waals surface area contributed by atoms with Gasteiger partial charge in [0.05, 0.1) is 17.7 Å². The Morgan fingerprint density at radius 1 is 1.40 bits per heavy atom. The number of aromatic nitrogens is 2. The number of aromatic amines is 1. The van der Waals surface area contributed by atoms with E-state index in [0.29, 0.717) is 18.8 Å². The predicted octanol–water partition coefficient (Wildman–Crippen LogP) is 2.57. The maximum Gasteiger partial charge on any atom is 0.275 e. The number of rotatable bonds is 1. The Hall–Kier alpha value is -1.40. The number of morpholine rings is 1. The van der Waals surface area contributed by atoms with Crippen LogP contribution in [-0.4, -0.2) is 46.3 Å². The number of carbonyl (C=O) groups excluding carboxylic acids is 1. The molecule has 106 valence electrons. The SMILES string of the molecule is C[C@@H]1CN(C(=O)c2n[nH]c3ccc(Br)cc23)C[C@H](C)O1. The maximum absolute atomic E-state index is 12.6. The largest absolute Gasteiger partial charge is 0.372 e. The van der Waals surface area contributed by atoms with E-state index in [-0.39, 0.29) is 18.1 Å². The highest BCUT2D eigenvalue weighted by atomic mass is 79.9. The minimum atomic E-state index is -0.0450. The lowest BCUT2D eigenvalue weighted by Gasteiger charge is -2.34. The zero-order chi connectivity index (χ0) is 14.3. The van der Waals surface area contributed by atoms with Gasteiger partial charge < -0.3 is 9.64 Å². The van der Waals surface area contributed by atoms with Gasteiger partial charge in [-0.1, -0.05) is 15.9 Å². The first-order valence-electron chi connectivity index (χ1n) is 6.63. The number of ether oxygens (including phenoxy) is 1. The fourth-order valence-electron chi connectivity index (χ4n) is 2.64. The van der Waals surface area contributed by atoms with Crippen LogP contribution in [0.3, 0.4) is 0 Å². The van der Waals surface area contributed by atoms with Gasteiger partial charge >= 0.3 is 0 Å². The van der Waals surface area contributed by atoms with E-state index in [0.717, 1.165) is 15.4 Å². The van der Waals surface area contributed by atoms with Crippen molar-refractivity contribution in [2.24, 2.45) is 0 Å². The number of fused-ring (bicyclic) bond motifs is 1. The number of hydrogen-bond acceptors (Lipinski definition) is 3. The summed E-state index contributed by atoms with van der Waals surface area (Å²) in [4.78, 5) is 14.5. The summed E-state index contributed by atoms with van der Waals surface area (Å²) in [6, 6.07) is 5.75. The molecular formula is C14H16BrN3O2. The molecule has 1 aromatic carbocycles. The van der Waals surface area contributed by atoms with Crippen molar-refractivity contribution < 1.29 is 9.53 Å². The fourth-order valence-corrected chi connectivity index (χ4v) is 3.00. The third-order valence-corrected chi connectivity index (χ3v) is 3.93. The Kier molecular flexibility index (Phi) is 3.52. The number of carbonyl (C=O) groups is 1. The Bertz CT molecular complexity index is 645. The number of H-pyrrole nitrogens is 1. The Morgan fingerprint density at radius 2 is 2.10 bits per heavy atom. The first-order chi connectivity index (χ1) is 9.54. The Morgan fingerprint density at radius 3 is 2.80 bits per heavy atom. The molecule has 1 fully saturated rings. The number of benzene rings is 1. The van der Waals surface area contributed by atoms with Crippen LogP contribution in [0.15, 0.2) is 22.7 Å². The molecule has 3 rings (SSSR count). The van der Waals surface area contributed by atoms with Gasteiger partial charge in [0.15, 0.2) is 5.69 Å². The second kappa shape index (κ2) is 5.18. The number of nitrogens with one attached hydrogen (secondary N) is 1. The second-order valence-corrected chi connectivity index (χ2v) is 6.15. The molecule has 0 saturated carbocycles. The van der Waals surface area contributed by atoms with Gasteiger partial charge in [-0.3, -0.25) is 9.89 Å². The Balaban J connectivity index is 1.94. The third-order valence-electron chi connectivity index (χ3n) is 3.43. The maximum atomic E-state index is 12.6. The molecule has 2 aromatic rings. The smallest absolute Gasteiger partial charge is 0.275 e. The van der Waals surface area contributed by atoms with Gasteiger partial charge in [0, 0.05) is 22.9 Å². The summed E-state index contributed by atoms with van der Waals surface area (Å²) in [7, 11) is 0. The minimum absolute atomic E-state index is 0.0450. The summed E-state index contributed by atoms with van der Waals surface area (Å²) in [5.41, 5.74) is 1.34. The lowest BCUT2D eigenvalue weighted by molar-refractivity contribution is -0.0587. The third kappa shape index (κ3) is 2.45. The zero-order valence-corrected chi connectivity index (χ0v) is 13.0. The van der Waals surface area contributed by atoms with Gasteiger partial charge in [-0.05, 0) is 32.0 Å². The van der Waals surface area contributed by atoms with Crippen molar-refractivity contribution in [3.63, 3.8) is 0 Å². The second-order valence-electron chi connectivity index (χ2n) is 5.23. The summed E-state index contributed by atoms with van der Waals surface area (Å²) >= 11 is 3.43. The molecule has 1 N–H and O–H groups in total. The lowest BCUT2D eigenvalue weighted by atomic mass is 10.1. The van der Waals surface area contributed by atoms with Crippen molar-refractivity contribution >= 4 is 32.7 Å². The number of halogens is 1. The highest BCUT2D eigenvalue weighted by Crippen LogP contribution is 2.23. The zero-order valence-electron chi connectivity index (χ0n) is 11.4. The van der Waals surface area contributed by atoms with Crippen LogP contribution in [0.4, 0.5) is 0 Å². The molecule has 1 aromatic heterocycles. The van der Waals surface area contributed by atoms with E-state index in [1.165, 1.54) is 0 Å². The van der Waals surface area contributed by atoms with Crippen LogP contribution in [0.2, 0.25) is 0 Å². The van der Waals surface area contributed by atoms with E-state index in [9.17, 15) is 4.79 Å². The van der Waals surface area contributed by atoms with E-state index in [4.69, 9.17) is 4.74 Å². The lowest BCUT2D eigenvalue weighted by Crippen LogP contribution is -2.48. The number of nitrogens with zero attached hydrogens (tertiary/aromatic N) is 2. The van der Waals surface area contributed by atoms with Crippen molar-refractivity contribution in [3.8, 4) is 0 Å². The van der Waals surface area contributed by atoms with Crippen LogP contribution in [0, 0.1) is 0 Å². The summed E-state index contributed by atoms with van der Waals surface area (Å²) < 4.78 is 6.60. The van der Waals surface area contributed by atoms with Crippen LogP contribution >= 0.6 is 15.9 Å². The number of amides is 1. The molecule has 0 spiro atoms. The van der Waals surface area contributed by atoms with Crippen LogP contribution in [0.25, 0.3) is 10.9 Å². The molecule has 0 radical (unpaired) electrons. The molecule has 1 saturated heterocycles. The monoisotopic (exact) mass is 337 g/mol. The first kappa shape index (κ1) is 13.6. The highest BCUT2D eigenvalue weighted by Gasteiger charge is 2.28. The molecule has 0 aliphatic carbocycles. The van der Waals surface area contributed by atoms with Gasteiger partial charge in [-0.2, -0.15) is 5.10 Å². The van der Waals surface area contributed by atoms with Crippen molar-refractivity contribution in [1.82, 2.24) is 15.1 Å². The van der Waals surface area contributed by atoms with Crippen LogP contribution in [0.5, 0.6) is 0 Å². The van der Waals surface area contributed by atoms with E-state index in [1.807, 2.05) is 36.9 Å². The molecule has 1 amide bonds. The van der Waals surface area contributed by atoms with Crippen molar-refractivity contribution in [3.05, 3.63) is 28.4 Å². The topological polar surface area (TPSA) is 58.2 Å². The van der Waals surface area contributed by atoms with Crippen molar-refractivity contribution in [2.45, 2.75) is 26.1 Å². The summed E-state index contributed by atoms with van der Waals surface area (Å²) in [5.74, 6) is -0.0450. The molecular weight excluding hydrogens is 322 g/mol. The van der Waals surface area contributed by atoms with Crippen LogP contribution in [-0.2, 0) is 4.74 Å². The van der Waals surface area contributed by atoms with Crippen molar-refractivity contribution in [2.75, 3.05) is 13.1 Å². The van der Waals surface area contributed by atoms with E-state index in [2.05, 4.69) is 26.1 Å². The van der Waals surface area contributed by atoms with Crippen molar-refractivity contribution in [1.29, 1.82) is 0 Å². The average molecular weight is 338 g/mol.